The van der Waals surface area contributed by atoms with Crippen LogP contribution >= 0.6 is 0 Å². The standard InChI is InChI=1S/C16H27N3O/c1-11(2)19(12(3)4)9-8-16(18)14-10-13(20-5)6-7-15(14)17/h6-7,10-12,18H,8-9,17H2,1-5H3. The van der Waals surface area contributed by atoms with E-state index < -0.39 is 0 Å². The normalized spacial score (nSPS) is 11.4. The van der Waals surface area contributed by atoms with E-state index in [0.717, 1.165) is 17.9 Å². The average Bonchev–Trinajstić information content (AvgIpc) is 2.38. The summed E-state index contributed by atoms with van der Waals surface area (Å²) in [6.45, 7) is 9.60. The minimum Gasteiger partial charge on any atom is -0.497 e. The first kappa shape index (κ1) is 16.5. The Balaban J connectivity index is 2.76. The van der Waals surface area contributed by atoms with Gasteiger partial charge in [0.15, 0.2) is 0 Å². The molecule has 0 amide bonds. The fraction of sp³-hybridized carbons (Fsp3) is 0.562. The van der Waals surface area contributed by atoms with Crippen LogP contribution in [0.25, 0.3) is 0 Å². The van der Waals surface area contributed by atoms with Gasteiger partial charge in [-0.05, 0) is 45.9 Å². The summed E-state index contributed by atoms with van der Waals surface area (Å²) >= 11 is 0. The lowest BCUT2D eigenvalue weighted by atomic mass is 10.0. The highest BCUT2D eigenvalue weighted by atomic mass is 16.5. The predicted octanol–water partition coefficient (Wildman–Crippen LogP) is 3.15. The average molecular weight is 277 g/mol. The van der Waals surface area contributed by atoms with E-state index >= 15 is 0 Å². The van der Waals surface area contributed by atoms with Gasteiger partial charge in [0.1, 0.15) is 5.75 Å². The van der Waals surface area contributed by atoms with Gasteiger partial charge in [0, 0.05) is 42.0 Å². The van der Waals surface area contributed by atoms with E-state index in [9.17, 15) is 0 Å². The van der Waals surface area contributed by atoms with E-state index in [0.29, 0.717) is 29.9 Å². The molecule has 3 N–H and O–H groups in total. The van der Waals surface area contributed by atoms with Crippen molar-refractivity contribution in [1.82, 2.24) is 4.90 Å². The molecular weight excluding hydrogens is 250 g/mol. The molecule has 0 aliphatic heterocycles. The van der Waals surface area contributed by atoms with E-state index in [1.807, 2.05) is 12.1 Å². The van der Waals surface area contributed by atoms with Crippen LogP contribution in [0.4, 0.5) is 5.69 Å². The zero-order chi connectivity index (χ0) is 15.3. The van der Waals surface area contributed by atoms with Crippen LogP contribution < -0.4 is 10.5 Å². The highest BCUT2D eigenvalue weighted by Crippen LogP contribution is 2.21. The maximum Gasteiger partial charge on any atom is 0.119 e. The molecule has 0 saturated heterocycles. The molecule has 112 valence electrons. The molecule has 4 nitrogen and oxygen atoms in total. The van der Waals surface area contributed by atoms with Crippen LogP contribution in [0.5, 0.6) is 5.75 Å². The van der Waals surface area contributed by atoms with Crippen molar-refractivity contribution in [2.24, 2.45) is 0 Å². The Labute approximate surface area is 122 Å². The van der Waals surface area contributed by atoms with Gasteiger partial charge in [-0.2, -0.15) is 0 Å². The van der Waals surface area contributed by atoms with Gasteiger partial charge in [-0.15, -0.1) is 0 Å². The van der Waals surface area contributed by atoms with Crippen LogP contribution in [-0.2, 0) is 0 Å². The molecule has 0 heterocycles. The molecule has 0 aliphatic rings. The first-order chi connectivity index (χ1) is 9.36. The third kappa shape index (κ3) is 4.23. The molecule has 1 rings (SSSR count). The molecular formula is C16H27N3O. The molecule has 0 radical (unpaired) electrons. The third-order valence-electron chi connectivity index (χ3n) is 3.53. The molecule has 1 aromatic carbocycles. The van der Waals surface area contributed by atoms with Crippen LogP contribution in [0, 0.1) is 5.41 Å². The van der Waals surface area contributed by atoms with Gasteiger partial charge in [0.25, 0.3) is 0 Å². The summed E-state index contributed by atoms with van der Waals surface area (Å²) in [6, 6.07) is 6.41. The highest BCUT2D eigenvalue weighted by molar-refractivity contribution is 6.03. The molecule has 0 aliphatic carbocycles. The van der Waals surface area contributed by atoms with Crippen LogP contribution in [-0.4, -0.2) is 36.3 Å². The molecule has 1 aromatic rings. The van der Waals surface area contributed by atoms with Crippen LogP contribution in [0.3, 0.4) is 0 Å². The topological polar surface area (TPSA) is 62.3 Å². The fourth-order valence-electron chi connectivity index (χ4n) is 2.41. The lowest BCUT2D eigenvalue weighted by Gasteiger charge is -2.30. The monoisotopic (exact) mass is 277 g/mol. The van der Waals surface area contributed by atoms with Gasteiger partial charge in [-0.3, -0.25) is 4.90 Å². The van der Waals surface area contributed by atoms with Gasteiger partial charge < -0.3 is 15.9 Å². The Morgan fingerprint density at radius 1 is 1.25 bits per heavy atom. The first-order valence-electron chi connectivity index (χ1n) is 7.13. The van der Waals surface area contributed by atoms with Crippen molar-refractivity contribution in [3.05, 3.63) is 23.8 Å². The highest BCUT2D eigenvalue weighted by Gasteiger charge is 2.15. The van der Waals surface area contributed by atoms with E-state index in [-0.39, 0.29) is 0 Å². The van der Waals surface area contributed by atoms with Gasteiger partial charge in [-0.1, -0.05) is 0 Å². The number of ether oxygens (including phenoxy) is 1. The van der Waals surface area contributed by atoms with Gasteiger partial charge in [-0.25, -0.2) is 0 Å². The SMILES string of the molecule is COc1ccc(N)c(C(=N)CCN(C(C)C)C(C)C)c1. The maximum absolute atomic E-state index is 8.26. The Morgan fingerprint density at radius 2 is 1.85 bits per heavy atom. The molecule has 0 aromatic heterocycles. The second-order valence-electron chi connectivity index (χ2n) is 5.61. The summed E-state index contributed by atoms with van der Waals surface area (Å²) in [4.78, 5) is 2.38. The second kappa shape index (κ2) is 7.29. The summed E-state index contributed by atoms with van der Waals surface area (Å²) in [7, 11) is 1.62. The molecule has 0 spiro atoms. The van der Waals surface area contributed by atoms with Crippen molar-refractivity contribution in [3.8, 4) is 5.75 Å². The van der Waals surface area contributed by atoms with Crippen molar-refractivity contribution in [2.75, 3.05) is 19.4 Å². The third-order valence-corrected chi connectivity index (χ3v) is 3.53. The first-order valence-corrected chi connectivity index (χ1v) is 7.13. The van der Waals surface area contributed by atoms with Crippen molar-refractivity contribution in [3.63, 3.8) is 0 Å². The molecule has 20 heavy (non-hydrogen) atoms. The number of nitrogen functional groups attached to an aromatic ring is 1. The van der Waals surface area contributed by atoms with Crippen molar-refractivity contribution >= 4 is 11.4 Å². The zero-order valence-electron chi connectivity index (χ0n) is 13.2. The van der Waals surface area contributed by atoms with Crippen LogP contribution in [0.1, 0.15) is 39.7 Å². The minimum atomic E-state index is 0.477. The van der Waals surface area contributed by atoms with Crippen molar-refractivity contribution < 1.29 is 4.74 Å². The lowest BCUT2D eigenvalue weighted by Crippen LogP contribution is -2.38. The molecule has 4 heteroatoms. The van der Waals surface area contributed by atoms with Crippen molar-refractivity contribution in [2.45, 2.75) is 46.2 Å². The molecule has 0 saturated carbocycles. The number of nitrogens with one attached hydrogen (secondary N) is 1. The van der Waals surface area contributed by atoms with Gasteiger partial charge >= 0.3 is 0 Å². The van der Waals surface area contributed by atoms with E-state index in [1.54, 1.807) is 13.2 Å². The smallest absolute Gasteiger partial charge is 0.119 e. The molecule has 0 bridgehead atoms. The number of nitrogens with zero attached hydrogens (tertiary/aromatic N) is 1. The number of hydrogen-bond donors (Lipinski definition) is 2. The number of hydrogen-bond acceptors (Lipinski definition) is 4. The fourth-order valence-corrected chi connectivity index (χ4v) is 2.41. The minimum absolute atomic E-state index is 0.477. The summed E-state index contributed by atoms with van der Waals surface area (Å²) in [5.41, 5.74) is 7.93. The van der Waals surface area contributed by atoms with Gasteiger partial charge in [0.05, 0.1) is 7.11 Å². The number of rotatable bonds is 7. The Hall–Kier alpha value is -1.55. The van der Waals surface area contributed by atoms with Gasteiger partial charge in [0.2, 0.25) is 0 Å². The quantitative estimate of drug-likeness (QED) is 0.594. The Kier molecular flexibility index (Phi) is 6.02. The maximum atomic E-state index is 8.26. The number of methoxy groups -OCH3 is 1. The van der Waals surface area contributed by atoms with E-state index in [2.05, 4.69) is 32.6 Å². The van der Waals surface area contributed by atoms with E-state index in [4.69, 9.17) is 15.9 Å². The lowest BCUT2D eigenvalue weighted by molar-refractivity contribution is 0.180. The van der Waals surface area contributed by atoms with Crippen LogP contribution in [0.2, 0.25) is 0 Å². The largest absolute Gasteiger partial charge is 0.497 e. The number of anilines is 1. The summed E-state index contributed by atoms with van der Waals surface area (Å²) < 4.78 is 5.20. The number of nitrogens with two attached hydrogens (primary N) is 1. The van der Waals surface area contributed by atoms with E-state index in [1.165, 1.54) is 0 Å². The van der Waals surface area contributed by atoms with Crippen molar-refractivity contribution in [1.29, 1.82) is 5.41 Å². The summed E-state index contributed by atoms with van der Waals surface area (Å²) in [6.07, 6.45) is 0.688. The Bertz CT molecular complexity index is 447. The zero-order valence-corrected chi connectivity index (χ0v) is 13.2. The number of benzene rings is 1. The predicted molar refractivity (Wildman–Crippen MR) is 85.8 cm³/mol. The second-order valence-corrected chi connectivity index (χ2v) is 5.61. The molecule has 0 unspecified atom stereocenters. The molecule has 0 atom stereocenters. The Morgan fingerprint density at radius 3 is 2.35 bits per heavy atom. The van der Waals surface area contributed by atoms with Crippen LogP contribution in [0.15, 0.2) is 18.2 Å². The molecule has 0 fully saturated rings. The summed E-state index contributed by atoms with van der Waals surface area (Å²) in [5.74, 6) is 0.739. The summed E-state index contributed by atoms with van der Waals surface area (Å²) in [5, 5.41) is 8.26.